The first kappa shape index (κ1) is 13.4. The molecule has 0 bridgehead atoms. The predicted molar refractivity (Wildman–Crippen MR) is 59.7 cm³/mol. The Hall–Kier alpha value is -1.62. The Morgan fingerprint density at radius 1 is 1.53 bits per heavy atom. The van der Waals surface area contributed by atoms with Gasteiger partial charge in [0.25, 0.3) is 0 Å². The Morgan fingerprint density at radius 3 is 2.82 bits per heavy atom. The van der Waals surface area contributed by atoms with Gasteiger partial charge in [0.15, 0.2) is 17.7 Å². The van der Waals surface area contributed by atoms with Gasteiger partial charge in [0.05, 0.1) is 0 Å². The highest BCUT2D eigenvalue weighted by Gasteiger charge is 2.19. The molecule has 1 atom stereocenters. The van der Waals surface area contributed by atoms with E-state index in [0.717, 1.165) is 5.56 Å². The van der Waals surface area contributed by atoms with Gasteiger partial charge in [0.1, 0.15) is 6.61 Å². The molecule has 17 heavy (non-hydrogen) atoms. The van der Waals surface area contributed by atoms with Gasteiger partial charge in [0, 0.05) is 6.61 Å². The van der Waals surface area contributed by atoms with Crippen molar-refractivity contribution in [3.05, 3.63) is 29.6 Å². The average molecular weight is 242 g/mol. The summed E-state index contributed by atoms with van der Waals surface area (Å²) in [6, 6.07) is 4.40. The fourth-order valence-corrected chi connectivity index (χ4v) is 1.28. The molecule has 0 fully saturated rings. The lowest BCUT2D eigenvalue weighted by molar-refractivity contribution is -0.152. The number of carboxylic acid groups (broad SMARTS) is 1. The van der Waals surface area contributed by atoms with E-state index >= 15 is 0 Å². The third kappa shape index (κ3) is 4.03. The van der Waals surface area contributed by atoms with Crippen molar-refractivity contribution in [2.75, 3.05) is 13.2 Å². The van der Waals surface area contributed by atoms with Crippen LogP contribution in [0.25, 0.3) is 0 Å². The highest BCUT2D eigenvalue weighted by atomic mass is 19.1. The third-order valence-corrected chi connectivity index (χ3v) is 2.12. The second-order valence-corrected chi connectivity index (χ2v) is 3.53. The molecule has 94 valence electrons. The van der Waals surface area contributed by atoms with Crippen LogP contribution in [0.3, 0.4) is 0 Å². The van der Waals surface area contributed by atoms with E-state index in [4.69, 9.17) is 14.6 Å². The highest BCUT2D eigenvalue weighted by molar-refractivity contribution is 5.72. The zero-order chi connectivity index (χ0) is 12.8. The van der Waals surface area contributed by atoms with Crippen LogP contribution >= 0.6 is 0 Å². The summed E-state index contributed by atoms with van der Waals surface area (Å²) in [7, 11) is 0. The van der Waals surface area contributed by atoms with Crippen LogP contribution in [0.1, 0.15) is 12.5 Å². The normalized spacial score (nSPS) is 12.2. The summed E-state index contributed by atoms with van der Waals surface area (Å²) < 4.78 is 23.4. The standard InChI is InChI=1S/C12H15FO4/c1-3-16-11(12(14)15)7-17-10-6-8(2)4-5-9(10)13/h4-6,11H,3,7H2,1-2H3,(H,14,15). The summed E-state index contributed by atoms with van der Waals surface area (Å²) in [4.78, 5) is 10.8. The van der Waals surface area contributed by atoms with E-state index in [1.807, 2.05) is 0 Å². The molecule has 0 spiro atoms. The van der Waals surface area contributed by atoms with E-state index in [-0.39, 0.29) is 19.0 Å². The molecule has 0 aromatic heterocycles. The maximum atomic E-state index is 13.3. The molecule has 0 radical (unpaired) electrons. The minimum absolute atomic E-state index is 0.0379. The summed E-state index contributed by atoms with van der Waals surface area (Å²) >= 11 is 0. The van der Waals surface area contributed by atoms with Crippen molar-refractivity contribution >= 4 is 5.97 Å². The van der Waals surface area contributed by atoms with Crippen LogP contribution in [0.2, 0.25) is 0 Å². The number of carbonyl (C=O) groups is 1. The van der Waals surface area contributed by atoms with Crippen LogP contribution in [0.5, 0.6) is 5.75 Å². The van der Waals surface area contributed by atoms with Gasteiger partial charge in [-0.25, -0.2) is 9.18 Å². The lowest BCUT2D eigenvalue weighted by atomic mass is 10.2. The number of aryl methyl sites for hydroxylation is 1. The largest absolute Gasteiger partial charge is 0.487 e. The maximum Gasteiger partial charge on any atom is 0.336 e. The van der Waals surface area contributed by atoms with Crippen LogP contribution in [0, 0.1) is 12.7 Å². The first-order valence-corrected chi connectivity index (χ1v) is 5.28. The van der Waals surface area contributed by atoms with Crippen LogP contribution in [-0.4, -0.2) is 30.4 Å². The molecule has 0 aliphatic carbocycles. The number of hydrogen-bond acceptors (Lipinski definition) is 3. The molecule has 1 aromatic carbocycles. The zero-order valence-corrected chi connectivity index (χ0v) is 9.77. The number of halogens is 1. The molecule has 1 rings (SSSR count). The number of carboxylic acids is 1. The van der Waals surface area contributed by atoms with E-state index in [2.05, 4.69) is 0 Å². The summed E-state index contributed by atoms with van der Waals surface area (Å²) in [5.41, 5.74) is 0.838. The third-order valence-electron chi connectivity index (χ3n) is 2.12. The molecule has 1 N–H and O–H groups in total. The van der Waals surface area contributed by atoms with Crippen molar-refractivity contribution < 1.29 is 23.8 Å². The van der Waals surface area contributed by atoms with E-state index in [1.54, 1.807) is 19.9 Å². The van der Waals surface area contributed by atoms with Crippen molar-refractivity contribution in [1.29, 1.82) is 0 Å². The minimum atomic E-state index is -1.13. The average Bonchev–Trinajstić information content (AvgIpc) is 2.28. The Balaban J connectivity index is 2.64. The quantitative estimate of drug-likeness (QED) is 0.829. The molecule has 4 nitrogen and oxygen atoms in total. The molecule has 0 aliphatic heterocycles. The maximum absolute atomic E-state index is 13.3. The first-order chi connectivity index (χ1) is 8.04. The fourth-order valence-electron chi connectivity index (χ4n) is 1.28. The number of ether oxygens (including phenoxy) is 2. The van der Waals surface area contributed by atoms with Gasteiger partial charge in [-0.2, -0.15) is 0 Å². The fraction of sp³-hybridized carbons (Fsp3) is 0.417. The van der Waals surface area contributed by atoms with Crippen molar-refractivity contribution in [2.45, 2.75) is 20.0 Å². The van der Waals surface area contributed by atoms with Gasteiger partial charge in [-0.3, -0.25) is 0 Å². The SMILES string of the molecule is CCOC(COc1cc(C)ccc1F)C(=O)O. The molecule has 0 amide bonds. The van der Waals surface area contributed by atoms with Crippen LogP contribution in [0.4, 0.5) is 4.39 Å². The van der Waals surface area contributed by atoms with Gasteiger partial charge < -0.3 is 14.6 Å². The molecule has 0 heterocycles. The first-order valence-electron chi connectivity index (χ1n) is 5.28. The Kier molecular flexibility index (Phi) is 4.90. The predicted octanol–water partition coefficient (Wildman–Crippen LogP) is 2.00. The lowest BCUT2D eigenvalue weighted by Gasteiger charge is -2.14. The molecular weight excluding hydrogens is 227 g/mol. The van der Waals surface area contributed by atoms with Gasteiger partial charge in [-0.15, -0.1) is 0 Å². The molecule has 0 saturated carbocycles. The summed E-state index contributed by atoms with van der Waals surface area (Å²) in [6.07, 6.45) is -1.08. The molecule has 1 unspecified atom stereocenters. The van der Waals surface area contributed by atoms with Crippen molar-refractivity contribution in [2.24, 2.45) is 0 Å². The number of benzene rings is 1. The smallest absolute Gasteiger partial charge is 0.336 e. The molecule has 0 aliphatic rings. The summed E-state index contributed by atoms with van der Waals surface area (Å²) in [5, 5.41) is 8.81. The monoisotopic (exact) mass is 242 g/mol. The highest BCUT2D eigenvalue weighted by Crippen LogP contribution is 2.18. The summed E-state index contributed by atoms with van der Waals surface area (Å²) in [6.45, 7) is 3.52. The Labute approximate surface area is 99.0 Å². The van der Waals surface area contributed by atoms with E-state index in [0.29, 0.717) is 0 Å². The number of aliphatic carboxylic acids is 1. The second-order valence-electron chi connectivity index (χ2n) is 3.53. The minimum Gasteiger partial charge on any atom is -0.487 e. The number of rotatable bonds is 6. The van der Waals surface area contributed by atoms with E-state index in [9.17, 15) is 9.18 Å². The molecule has 1 aromatic rings. The topological polar surface area (TPSA) is 55.8 Å². The van der Waals surface area contributed by atoms with Crippen molar-refractivity contribution in [3.8, 4) is 5.75 Å². The van der Waals surface area contributed by atoms with Gasteiger partial charge >= 0.3 is 5.97 Å². The lowest BCUT2D eigenvalue weighted by Crippen LogP contribution is -2.30. The van der Waals surface area contributed by atoms with Crippen LogP contribution in [-0.2, 0) is 9.53 Å². The van der Waals surface area contributed by atoms with Gasteiger partial charge in [0.2, 0.25) is 0 Å². The van der Waals surface area contributed by atoms with Gasteiger partial charge in [-0.1, -0.05) is 6.07 Å². The Bertz CT molecular complexity index is 392. The Morgan fingerprint density at radius 2 is 2.24 bits per heavy atom. The van der Waals surface area contributed by atoms with E-state index < -0.39 is 17.9 Å². The molecule has 0 saturated heterocycles. The molecule has 5 heteroatoms. The summed E-state index contributed by atoms with van der Waals surface area (Å²) in [5.74, 6) is -1.60. The van der Waals surface area contributed by atoms with E-state index in [1.165, 1.54) is 12.1 Å². The van der Waals surface area contributed by atoms with Gasteiger partial charge in [-0.05, 0) is 31.5 Å². The zero-order valence-electron chi connectivity index (χ0n) is 9.77. The van der Waals surface area contributed by atoms with Crippen LogP contribution in [0.15, 0.2) is 18.2 Å². The molecular formula is C12H15FO4. The van der Waals surface area contributed by atoms with Crippen molar-refractivity contribution in [1.82, 2.24) is 0 Å². The van der Waals surface area contributed by atoms with Crippen molar-refractivity contribution in [3.63, 3.8) is 0 Å². The number of hydrogen-bond donors (Lipinski definition) is 1. The van der Waals surface area contributed by atoms with Crippen LogP contribution < -0.4 is 4.74 Å². The second kappa shape index (κ2) is 6.20.